The number of hydrogen-bond acceptors (Lipinski definition) is 6. The summed E-state index contributed by atoms with van der Waals surface area (Å²) in [6.45, 7) is 15.3. The monoisotopic (exact) mass is 374 g/mol. The minimum Gasteiger partial charge on any atom is -0.458 e. The third-order valence-corrected chi connectivity index (χ3v) is 5.10. The van der Waals surface area contributed by atoms with E-state index in [0.717, 1.165) is 11.1 Å². The topological polar surface area (TPSA) is 71.1 Å². The van der Waals surface area contributed by atoms with Gasteiger partial charge < -0.3 is 18.9 Å². The van der Waals surface area contributed by atoms with Gasteiger partial charge in [-0.1, -0.05) is 18.7 Å². The van der Waals surface area contributed by atoms with Gasteiger partial charge in [0.05, 0.1) is 5.92 Å². The molecule has 0 aliphatic carbocycles. The molecule has 146 valence electrons. The Bertz CT molecular complexity index is 761. The van der Waals surface area contributed by atoms with Crippen LogP contribution < -0.4 is 0 Å². The molecule has 0 spiro atoms. The molecule has 27 heavy (non-hydrogen) atoms. The Morgan fingerprint density at radius 3 is 2.70 bits per heavy atom. The van der Waals surface area contributed by atoms with Gasteiger partial charge in [0.15, 0.2) is 0 Å². The van der Waals surface area contributed by atoms with Crippen molar-refractivity contribution >= 4 is 11.9 Å². The molecule has 6 heteroatoms. The molecule has 6 nitrogen and oxygen atoms in total. The van der Waals surface area contributed by atoms with Crippen LogP contribution >= 0.6 is 0 Å². The van der Waals surface area contributed by atoms with E-state index >= 15 is 0 Å². The van der Waals surface area contributed by atoms with Crippen LogP contribution in [0.2, 0.25) is 0 Å². The Kier molecular flexibility index (Phi) is 5.14. The molecule has 0 N–H and O–H groups in total. The summed E-state index contributed by atoms with van der Waals surface area (Å²) in [5, 5.41) is 0. The smallest absolute Gasteiger partial charge is 0.334 e. The Balaban J connectivity index is 2.06. The van der Waals surface area contributed by atoms with Crippen molar-refractivity contribution in [2.45, 2.75) is 58.2 Å². The summed E-state index contributed by atoms with van der Waals surface area (Å²) in [6.07, 6.45) is 2.48. The number of carbonyl (C=O) groups is 2. The predicted molar refractivity (Wildman–Crippen MR) is 98.6 cm³/mol. The van der Waals surface area contributed by atoms with Crippen LogP contribution in [0.4, 0.5) is 0 Å². The molecule has 3 heterocycles. The summed E-state index contributed by atoms with van der Waals surface area (Å²) in [7, 11) is 0. The molecule has 2 unspecified atom stereocenters. The zero-order valence-corrected chi connectivity index (χ0v) is 16.2. The molecule has 5 atom stereocenters. The normalized spacial score (nSPS) is 37.2. The number of esters is 2. The van der Waals surface area contributed by atoms with Gasteiger partial charge in [-0.25, -0.2) is 9.59 Å². The first kappa shape index (κ1) is 19.6. The van der Waals surface area contributed by atoms with Gasteiger partial charge in [0.25, 0.3) is 0 Å². The fourth-order valence-corrected chi connectivity index (χ4v) is 3.96. The van der Waals surface area contributed by atoms with Gasteiger partial charge in [-0.3, -0.25) is 0 Å². The molecular weight excluding hydrogens is 348 g/mol. The van der Waals surface area contributed by atoms with Gasteiger partial charge >= 0.3 is 11.9 Å². The van der Waals surface area contributed by atoms with Gasteiger partial charge in [-0.05, 0) is 45.4 Å². The van der Waals surface area contributed by atoms with E-state index < -0.39 is 42.0 Å². The number of fused-ring (bicyclic) bond motifs is 4. The van der Waals surface area contributed by atoms with Crippen molar-refractivity contribution in [2.75, 3.05) is 6.61 Å². The largest absolute Gasteiger partial charge is 0.458 e. The Hall–Kier alpha value is -2.18. The van der Waals surface area contributed by atoms with E-state index in [1.54, 1.807) is 6.92 Å². The highest BCUT2D eigenvalue weighted by Crippen LogP contribution is 2.44. The SMILES string of the molecule is C=C(C)C(=O)O[C@H]1C/C(C)=C/C2(OCC)C=C(C)C(O2)[C@H]2OC(=O)C(=C)[C@H]12. The molecule has 0 saturated carbocycles. The third-order valence-electron chi connectivity index (χ3n) is 5.10. The molecule has 0 aromatic heterocycles. The van der Waals surface area contributed by atoms with Gasteiger partial charge in [0.1, 0.15) is 18.3 Å². The lowest BCUT2D eigenvalue weighted by Gasteiger charge is -2.30. The lowest BCUT2D eigenvalue weighted by Crippen LogP contribution is -2.42. The van der Waals surface area contributed by atoms with Crippen molar-refractivity contribution < 1.29 is 28.5 Å². The first-order valence-electron chi connectivity index (χ1n) is 9.13. The minimum atomic E-state index is -1.01. The lowest BCUT2D eigenvalue weighted by atomic mass is 9.83. The first-order valence-corrected chi connectivity index (χ1v) is 9.13. The zero-order chi connectivity index (χ0) is 19.9. The fourth-order valence-electron chi connectivity index (χ4n) is 3.96. The maximum absolute atomic E-state index is 12.3. The van der Waals surface area contributed by atoms with Crippen LogP contribution in [0.5, 0.6) is 0 Å². The van der Waals surface area contributed by atoms with Gasteiger partial charge in [0.2, 0.25) is 5.79 Å². The van der Waals surface area contributed by atoms with Crippen molar-refractivity contribution in [1.29, 1.82) is 0 Å². The average Bonchev–Trinajstić information content (AvgIpc) is 3.04. The van der Waals surface area contributed by atoms with Crippen LogP contribution in [0.15, 0.2) is 47.6 Å². The van der Waals surface area contributed by atoms with E-state index in [1.165, 1.54) is 0 Å². The number of rotatable bonds is 4. The highest BCUT2D eigenvalue weighted by Gasteiger charge is 2.54. The molecule has 1 saturated heterocycles. The van der Waals surface area contributed by atoms with E-state index in [0.29, 0.717) is 24.2 Å². The highest BCUT2D eigenvalue weighted by atomic mass is 16.7. The maximum atomic E-state index is 12.3. The molecule has 3 rings (SSSR count). The third kappa shape index (κ3) is 3.51. The second kappa shape index (κ2) is 7.09. The quantitative estimate of drug-likeness (QED) is 0.428. The van der Waals surface area contributed by atoms with E-state index in [-0.39, 0.29) is 0 Å². The van der Waals surface area contributed by atoms with E-state index in [1.807, 2.05) is 32.9 Å². The van der Waals surface area contributed by atoms with E-state index in [4.69, 9.17) is 18.9 Å². The van der Waals surface area contributed by atoms with Gasteiger partial charge in [-0.15, -0.1) is 0 Å². The summed E-state index contributed by atoms with van der Waals surface area (Å²) >= 11 is 0. The molecule has 3 aliphatic heterocycles. The molecule has 0 aromatic rings. The van der Waals surface area contributed by atoms with Gasteiger partial charge in [-0.2, -0.15) is 0 Å². The van der Waals surface area contributed by atoms with E-state index in [2.05, 4.69) is 13.2 Å². The lowest BCUT2D eigenvalue weighted by molar-refractivity contribution is -0.198. The van der Waals surface area contributed by atoms with Crippen molar-refractivity contribution in [3.63, 3.8) is 0 Å². The van der Waals surface area contributed by atoms with Crippen LogP contribution in [-0.2, 0) is 28.5 Å². The molecule has 2 bridgehead atoms. The summed E-state index contributed by atoms with van der Waals surface area (Å²) in [5.41, 5.74) is 2.40. The van der Waals surface area contributed by atoms with Crippen molar-refractivity contribution in [1.82, 2.24) is 0 Å². The predicted octanol–water partition coefficient (Wildman–Crippen LogP) is 3.00. The highest BCUT2D eigenvalue weighted by molar-refractivity contribution is 5.91. The van der Waals surface area contributed by atoms with Gasteiger partial charge in [0, 0.05) is 24.2 Å². The Labute approximate surface area is 159 Å². The Morgan fingerprint density at radius 2 is 2.07 bits per heavy atom. The van der Waals surface area contributed by atoms with E-state index in [9.17, 15) is 9.59 Å². The molecule has 3 aliphatic rings. The van der Waals surface area contributed by atoms with Crippen LogP contribution in [0.25, 0.3) is 0 Å². The molecule has 0 aromatic carbocycles. The number of ether oxygens (including phenoxy) is 4. The molecule has 0 amide bonds. The van der Waals surface area contributed by atoms with Crippen LogP contribution in [-0.4, -0.2) is 42.6 Å². The van der Waals surface area contributed by atoms with Crippen molar-refractivity contribution in [3.8, 4) is 0 Å². The first-order chi connectivity index (χ1) is 12.7. The molecular formula is C21H26O6. The van der Waals surface area contributed by atoms with Crippen LogP contribution in [0.3, 0.4) is 0 Å². The molecule has 1 fully saturated rings. The van der Waals surface area contributed by atoms with Crippen LogP contribution in [0.1, 0.15) is 34.1 Å². The summed E-state index contributed by atoms with van der Waals surface area (Å²) in [5.74, 6) is -2.51. The summed E-state index contributed by atoms with van der Waals surface area (Å²) in [6, 6.07) is 0. The molecule has 0 radical (unpaired) electrons. The Morgan fingerprint density at radius 1 is 1.37 bits per heavy atom. The second-order valence-electron chi connectivity index (χ2n) is 7.42. The van der Waals surface area contributed by atoms with Crippen molar-refractivity contribution in [2.24, 2.45) is 5.92 Å². The maximum Gasteiger partial charge on any atom is 0.334 e. The van der Waals surface area contributed by atoms with Crippen molar-refractivity contribution in [3.05, 3.63) is 47.6 Å². The summed E-state index contributed by atoms with van der Waals surface area (Å²) in [4.78, 5) is 24.5. The number of hydrogen-bond donors (Lipinski definition) is 0. The summed E-state index contributed by atoms with van der Waals surface area (Å²) < 4.78 is 23.4. The fraction of sp³-hybridized carbons (Fsp3) is 0.524. The zero-order valence-electron chi connectivity index (χ0n) is 16.2. The minimum absolute atomic E-state index is 0.291. The average molecular weight is 374 g/mol. The second-order valence-corrected chi connectivity index (χ2v) is 7.42. The van der Waals surface area contributed by atoms with Crippen LogP contribution in [0, 0.1) is 5.92 Å². The standard InChI is InChI=1S/C21H26O6/c1-7-24-21-9-12(4)8-15(25-19(22)11(2)3)16-14(6)20(23)26-18(16)17(27-21)13(5)10-21/h9-10,15-18H,2,6-8H2,1,3-5H3/b12-9+/t15-,16+,17?,18-,21?/m0/s1. The number of carbonyl (C=O) groups excluding carboxylic acids is 2.